The first-order chi connectivity index (χ1) is 5.17. The quantitative estimate of drug-likeness (QED) is 0.658. The molecular formula is C8H16FNO. The molecule has 0 amide bonds. The Hall–Kier alpha value is -0.150. The van der Waals surface area contributed by atoms with E-state index >= 15 is 0 Å². The third kappa shape index (κ3) is 2.14. The van der Waals surface area contributed by atoms with Crippen molar-refractivity contribution in [3.63, 3.8) is 0 Å². The van der Waals surface area contributed by atoms with Gasteiger partial charge in [0.15, 0.2) is 0 Å². The number of hydrogen-bond donors (Lipinski definition) is 1. The van der Waals surface area contributed by atoms with Crippen LogP contribution in [0.15, 0.2) is 0 Å². The Morgan fingerprint density at radius 1 is 1.73 bits per heavy atom. The van der Waals surface area contributed by atoms with Gasteiger partial charge in [-0.15, -0.1) is 0 Å². The predicted octanol–water partition coefficient (Wildman–Crippen LogP) is 1.10. The van der Waals surface area contributed by atoms with Crippen LogP contribution in [0.5, 0.6) is 0 Å². The molecule has 0 aromatic rings. The minimum atomic E-state index is -1.24. The van der Waals surface area contributed by atoms with Crippen LogP contribution >= 0.6 is 0 Å². The highest BCUT2D eigenvalue weighted by molar-refractivity contribution is 4.84. The summed E-state index contributed by atoms with van der Waals surface area (Å²) in [5.41, 5.74) is 4.07. The number of ether oxygens (including phenoxy) is 1. The van der Waals surface area contributed by atoms with Crippen molar-refractivity contribution in [1.82, 2.24) is 0 Å². The second kappa shape index (κ2) is 3.50. The van der Waals surface area contributed by atoms with Crippen molar-refractivity contribution in [2.24, 2.45) is 11.7 Å². The van der Waals surface area contributed by atoms with Gasteiger partial charge in [0.05, 0.1) is 6.61 Å². The van der Waals surface area contributed by atoms with Crippen LogP contribution in [0.2, 0.25) is 0 Å². The number of hydrogen-bond acceptors (Lipinski definition) is 2. The van der Waals surface area contributed by atoms with Crippen LogP contribution < -0.4 is 5.73 Å². The largest absolute Gasteiger partial charge is 0.381 e. The molecule has 1 heterocycles. The van der Waals surface area contributed by atoms with Crippen LogP contribution in [0.3, 0.4) is 0 Å². The van der Waals surface area contributed by atoms with E-state index < -0.39 is 5.67 Å². The Labute approximate surface area is 66.9 Å². The molecule has 0 aliphatic carbocycles. The summed E-state index contributed by atoms with van der Waals surface area (Å²) in [5.74, 6) is 0.00116. The lowest BCUT2D eigenvalue weighted by Crippen LogP contribution is -2.41. The number of rotatable bonds is 2. The van der Waals surface area contributed by atoms with Gasteiger partial charge >= 0.3 is 0 Å². The monoisotopic (exact) mass is 161 g/mol. The van der Waals surface area contributed by atoms with Crippen LogP contribution in [0, 0.1) is 5.92 Å². The molecule has 0 aromatic carbocycles. The average molecular weight is 161 g/mol. The van der Waals surface area contributed by atoms with Crippen LogP contribution in [-0.2, 0) is 4.74 Å². The molecule has 1 aliphatic heterocycles. The van der Waals surface area contributed by atoms with Gasteiger partial charge in [0, 0.05) is 19.1 Å². The minimum absolute atomic E-state index is 0.00116. The van der Waals surface area contributed by atoms with Gasteiger partial charge in [0.1, 0.15) is 5.67 Å². The van der Waals surface area contributed by atoms with E-state index in [4.69, 9.17) is 10.5 Å². The lowest BCUT2D eigenvalue weighted by atomic mass is 9.86. The van der Waals surface area contributed by atoms with Crippen molar-refractivity contribution in [2.75, 3.05) is 19.8 Å². The van der Waals surface area contributed by atoms with Crippen LogP contribution in [0.1, 0.15) is 19.8 Å². The zero-order chi connectivity index (χ0) is 8.32. The summed E-state index contributed by atoms with van der Waals surface area (Å²) in [6.45, 7) is 2.97. The summed E-state index contributed by atoms with van der Waals surface area (Å²) in [6.07, 6.45) is 1.87. The third-order valence-electron chi connectivity index (χ3n) is 2.41. The van der Waals surface area contributed by atoms with Gasteiger partial charge in [-0.2, -0.15) is 0 Å². The van der Waals surface area contributed by atoms with E-state index in [9.17, 15) is 4.39 Å². The van der Waals surface area contributed by atoms with Gasteiger partial charge in [0.25, 0.3) is 0 Å². The van der Waals surface area contributed by atoms with E-state index in [1.165, 1.54) is 0 Å². The summed E-state index contributed by atoms with van der Waals surface area (Å²) < 4.78 is 18.7. The molecule has 2 nitrogen and oxygen atoms in total. The molecule has 0 aromatic heterocycles. The lowest BCUT2D eigenvalue weighted by Gasteiger charge is -2.32. The molecule has 2 unspecified atom stereocenters. The van der Waals surface area contributed by atoms with E-state index in [2.05, 4.69) is 0 Å². The molecule has 0 spiro atoms. The molecule has 2 N–H and O–H groups in total. The molecule has 0 bridgehead atoms. The van der Waals surface area contributed by atoms with Gasteiger partial charge in [0.2, 0.25) is 0 Å². The Morgan fingerprint density at radius 2 is 2.45 bits per heavy atom. The first-order valence-electron chi connectivity index (χ1n) is 4.13. The smallest absolute Gasteiger partial charge is 0.125 e. The van der Waals surface area contributed by atoms with Crippen molar-refractivity contribution in [1.29, 1.82) is 0 Å². The molecule has 2 atom stereocenters. The molecule has 1 rings (SSSR count). The zero-order valence-corrected chi connectivity index (χ0v) is 6.98. The Bertz CT molecular complexity index is 121. The predicted molar refractivity (Wildman–Crippen MR) is 42.1 cm³/mol. The lowest BCUT2D eigenvalue weighted by molar-refractivity contribution is -0.0163. The summed E-state index contributed by atoms with van der Waals surface area (Å²) in [7, 11) is 0. The van der Waals surface area contributed by atoms with E-state index in [1.807, 2.05) is 0 Å². The summed E-state index contributed by atoms with van der Waals surface area (Å²) >= 11 is 0. The fourth-order valence-corrected chi connectivity index (χ4v) is 1.38. The van der Waals surface area contributed by atoms with Crippen LogP contribution in [0.25, 0.3) is 0 Å². The first-order valence-corrected chi connectivity index (χ1v) is 4.13. The van der Waals surface area contributed by atoms with Gasteiger partial charge in [-0.25, -0.2) is 4.39 Å². The van der Waals surface area contributed by atoms with E-state index in [0.29, 0.717) is 6.61 Å². The fourth-order valence-electron chi connectivity index (χ4n) is 1.38. The first kappa shape index (κ1) is 8.94. The Morgan fingerprint density at radius 3 is 2.91 bits per heavy atom. The van der Waals surface area contributed by atoms with E-state index in [1.54, 1.807) is 6.92 Å². The van der Waals surface area contributed by atoms with Gasteiger partial charge in [-0.05, 0) is 19.8 Å². The standard InChI is InChI=1S/C8H16FNO/c1-8(9,6-10)7-3-2-4-11-5-7/h7H,2-6,10H2,1H3. The second-order valence-electron chi connectivity index (χ2n) is 3.40. The number of nitrogens with two attached hydrogens (primary N) is 1. The van der Waals surface area contributed by atoms with E-state index in [0.717, 1.165) is 19.4 Å². The molecule has 1 saturated heterocycles. The number of alkyl halides is 1. The SMILES string of the molecule is CC(F)(CN)C1CCCOC1. The fraction of sp³-hybridized carbons (Fsp3) is 1.00. The van der Waals surface area contributed by atoms with Crippen molar-refractivity contribution in [3.8, 4) is 0 Å². The molecular weight excluding hydrogens is 145 g/mol. The zero-order valence-electron chi connectivity index (χ0n) is 6.98. The molecule has 0 saturated carbocycles. The highest BCUT2D eigenvalue weighted by atomic mass is 19.1. The molecule has 1 aliphatic rings. The summed E-state index contributed by atoms with van der Waals surface area (Å²) in [6, 6.07) is 0. The molecule has 3 heteroatoms. The normalized spacial score (nSPS) is 31.4. The number of halogens is 1. The van der Waals surface area contributed by atoms with Crippen LogP contribution in [0.4, 0.5) is 4.39 Å². The second-order valence-corrected chi connectivity index (χ2v) is 3.40. The molecule has 0 radical (unpaired) electrons. The highest BCUT2D eigenvalue weighted by Gasteiger charge is 2.33. The van der Waals surface area contributed by atoms with Gasteiger partial charge in [-0.1, -0.05) is 0 Å². The minimum Gasteiger partial charge on any atom is -0.381 e. The molecule has 66 valence electrons. The van der Waals surface area contributed by atoms with Crippen molar-refractivity contribution >= 4 is 0 Å². The molecule has 1 fully saturated rings. The highest BCUT2D eigenvalue weighted by Crippen LogP contribution is 2.28. The topological polar surface area (TPSA) is 35.2 Å². The summed E-state index contributed by atoms with van der Waals surface area (Å²) in [4.78, 5) is 0. The third-order valence-corrected chi connectivity index (χ3v) is 2.41. The maximum absolute atomic E-state index is 13.5. The van der Waals surface area contributed by atoms with Crippen LogP contribution in [-0.4, -0.2) is 25.4 Å². The summed E-state index contributed by atoms with van der Waals surface area (Å²) in [5, 5.41) is 0. The Balaban J connectivity index is 2.43. The van der Waals surface area contributed by atoms with Crippen molar-refractivity contribution in [2.45, 2.75) is 25.4 Å². The van der Waals surface area contributed by atoms with Gasteiger partial charge in [-0.3, -0.25) is 0 Å². The van der Waals surface area contributed by atoms with Crippen molar-refractivity contribution < 1.29 is 9.13 Å². The molecule has 11 heavy (non-hydrogen) atoms. The van der Waals surface area contributed by atoms with Crippen molar-refractivity contribution in [3.05, 3.63) is 0 Å². The average Bonchev–Trinajstić information content (AvgIpc) is 2.06. The Kier molecular flexibility index (Phi) is 2.84. The maximum Gasteiger partial charge on any atom is 0.125 e. The van der Waals surface area contributed by atoms with E-state index in [-0.39, 0.29) is 12.5 Å². The maximum atomic E-state index is 13.5. The van der Waals surface area contributed by atoms with Gasteiger partial charge < -0.3 is 10.5 Å².